The molecule has 2 rings (SSSR count). The summed E-state index contributed by atoms with van der Waals surface area (Å²) in [6.07, 6.45) is 3.51. The van der Waals surface area contributed by atoms with Gasteiger partial charge in [0.1, 0.15) is 0 Å². The molecule has 0 radical (unpaired) electrons. The van der Waals surface area contributed by atoms with E-state index in [1.807, 2.05) is 0 Å². The van der Waals surface area contributed by atoms with Crippen molar-refractivity contribution in [3.05, 3.63) is 18.0 Å². The highest BCUT2D eigenvalue weighted by molar-refractivity contribution is 7.89. The number of hydrogen-bond acceptors (Lipinski definition) is 5. The Morgan fingerprint density at radius 3 is 3.12 bits per heavy atom. The first-order chi connectivity index (χ1) is 8.16. The molecule has 0 aliphatic carbocycles. The Morgan fingerprint density at radius 1 is 1.59 bits per heavy atom. The van der Waals surface area contributed by atoms with Crippen LogP contribution in [0.3, 0.4) is 0 Å². The van der Waals surface area contributed by atoms with Crippen LogP contribution in [0.2, 0.25) is 0 Å². The second-order valence-corrected chi connectivity index (χ2v) is 6.15. The highest BCUT2D eigenvalue weighted by Crippen LogP contribution is 2.12. The van der Waals surface area contributed by atoms with E-state index >= 15 is 0 Å². The van der Waals surface area contributed by atoms with Crippen LogP contribution >= 0.6 is 0 Å². The lowest BCUT2D eigenvalue weighted by atomic mass is 10.0. The molecule has 1 aliphatic rings. The Balaban J connectivity index is 1.81. The third-order valence-electron chi connectivity index (χ3n) is 2.81. The minimum atomic E-state index is -3.24. The Kier molecular flexibility index (Phi) is 4.14. The van der Waals surface area contributed by atoms with E-state index in [0.29, 0.717) is 5.76 Å². The van der Waals surface area contributed by atoms with Crippen molar-refractivity contribution in [1.82, 2.24) is 15.2 Å². The molecule has 1 fully saturated rings. The monoisotopic (exact) mass is 259 g/mol. The van der Waals surface area contributed by atoms with Crippen molar-refractivity contribution in [3.8, 4) is 0 Å². The first kappa shape index (κ1) is 12.5. The molecule has 17 heavy (non-hydrogen) atoms. The fourth-order valence-electron chi connectivity index (χ4n) is 1.95. The van der Waals surface area contributed by atoms with Gasteiger partial charge in [0.15, 0.2) is 5.76 Å². The summed E-state index contributed by atoms with van der Waals surface area (Å²) >= 11 is 0. The maximum atomic E-state index is 11.8. The lowest BCUT2D eigenvalue weighted by Gasteiger charge is -2.22. The van der Waals surface area contributed by atoms with E-state index in [0.717, 1.165) is 25.9 Å². The van der Waals surface area contributed by atoms with Gasteiger partial charge in [-0.25, -0.2) is 13.1 Å². The van der Waals surface area contributed by atoms with E-state index < -0.39 is 10.0 Å². The summed E-state index contributed by atoms with van der Waals surface area (Å²) in [6, 6.07) is 1.64. The highest BCUT2D eigenvalue weighted by atomic mass is 32.2. The summed E-state index contributed by atoms with van der Waals surface area (Å²) in [5.74, 6) is 0.903. The van der Waals surface area contributed by atoms with E-state index in [4.69, 9.17) is 4.52 Å². The minimum absolute atomic E-state index is 0.169. The SMILES string of the molecule is O=S(=O)(CC1CCCNC1)NCc1ccno1. The Morgan fingerprint density at radius 2 is 2.47 bits per heavy atom. The molecule has 1 aliphatic heterocycles. The maximum absolute atomic E-state index is 11.8. The average molecular weight is 259 g/mol. The fraction of sp³-hybridized carbons (Fsp3) is 0.700. The van der Waals surface area contributed by atoms with Gasteiger partial charge in [0.05, 0.1) is 18.5 Å². The van der Waals surface area contributed by atoms with Crippen LogP contribution in [0.15, 0.2) is 16.8 Å². The zero-order chi connectivity index (χ0) is 12.1. The molecule has 2 heterocycles. The molecule has 1 atom stereocenters. The van der Waals surface area contributed by atoms with Gasteiger partial charge in [-0.15, -0.1) is 0 Å². The van der Waals surface area contributed by atoms with Gasteiger partial charge in [-0.05, 0) is 31.8 Å². The molecule has 0 aromatic carbocycles. The minimum Gasteiger partial charge on any atom is -0.360 e. The standard InChI is InChI=1S/C10H17N3O3S/c14-17(15,8-9-2-1-4-11-6-9)13-7-10-3-5-12-16-10/h3,5,9,11,13H,1-2,4,6-8H2. The van der Waals surface area contributed by atoms with Crippen LogP contribution in [0.5, 0.6) is 0 Å². The Labute approximate surface area is 101 Å². The molecule has 96 valence electrons. The number of aromatic nitrogens is 1. The molecule has 2 N–H and O–H groups in total. The van der Waals surface area contributed by atoms with Gasteiger partial charge < -0.3 is 9.84 Å². The lowest BCUT2D eigenvalue weighted by molar-refractivity contribution is 0.378. The molecule has 0 bridgehead atoms. The van der Waals surface area contributed by atoms with E-state index in [-0.39, 0.29) is 18.2 Å². The Bertz CT molecular complexity index is 424. The van der Waals surface area contributed by atoms with Gasteiger partial charge in [-0.2, -0.15) is 0 Å². The van der Waals surface area contributed by atoms with Gasteiger partial charge in [0.2, 0.25) is 10.0 Å². The van der Waals surface area contributed by atoms with Crippen LogP contribution in [0.4, 0.5) is 0 Å². The summed E-state index contributed by atoms with van der Waals surface area (Å²) in [5, 5.41) is 6.73. The zero-order valence-electron chi connectivity index (χ0n) is 9.55. The van der Waals surface area contributed by atoms with E-state index in [2.05, 4.69) is 15.2 Å². The molecule has 1 aromatic rings. The van der Waals surface area contributed by atoms with Gasteiger partial charge in [0.25, 0.3) is 0 Å². The molecule has 0 amide bonds. The number of nitrogens with zero attached hydrogens (tertiary/aromatic N) is 1. The third kappa shape index (κ3) is 4.10. The van der Waals surface area contributed by atoms with Gasteiger partial charge in [-0.3, -0.25) is 0 Å². The van der Waals surface area contributed by atoms with Crippen molar-refractivity contribution in [2.75, 3.05) is 18.8 Å². The first-order valence-electron chi connectivity index (χ1n) is 5.73. The van der Waals surface area contributed by atoms with Crippen LogP contribution in [0.1, 0.15) is 18.6 Å². The van der Waals surface area contributed by atoms with Crippen molar-refractivity contribution in [1.29, 1.82) is 0 Å². The van der Waals surface area contributed by atoms with Crippen molar-refractivity contribution in [3.63, 3.8) is 0 Å². The molecule has 0 saturated carbocycles. The molecule has 0 spiro atoms. The summed E-state index contributed by atoms with van der Waals surface area (Å²) in [6.45, 7) is 1.94. The number of rotatable bonds is 5. The molecule has 6 nitrogen and oxygen atoms in total. The summed E-state index contributed by atoms with van der Waals surface area (Å²) in [7, 11) is -3.24. The van der Waals surface area contributed by atoms with Crippen LogP contribution in [-0.4, -0.2) is 32.4 Å². The average Bonchev–Trinajstić information content (AvgIpc) is 2.80. The number of nitrogens with one attached hydrogen (secondary N) is 2. The zero-order valence-corrected chi connectivity index (χ0v) is 10.4. The molecule has 7 heteroatoms. The first-order valence-corrected chi connectivity index (χ1v) is 7.38. The molecular formula is C10H17N3O3S. The van der Waals surface area contributed by atoms with Gasteiger partial charge >= 0.3 is 0 Å². The summed E-state index contributed by atoms with van der Waals surface area (Å²) in [5.41, 5.74) is 0. The van der Waals surface area contributed by atoms with Gasteiger partial charge in [0, 0.05) is 6.07 Å². The van der Waals surface area contributed by atoms with Crippen molar-refractivity contribution in [2.45, 2.75) is 19.4 Å². The number of sulfonamides is 1. The van der Waals surface area contributed by atoms with Gasteiger partial charge in [-0.1, -0.05) is 5.16 Å². The van der Waals surface area contributed by atoms with Crippen molar-refractivity contribution < 1.29 is 12.9 Å². The molecular weight excluding hydrogens is 242 g/mol. The largest absolute Gasteiger partial charge is 0.360 e. The smallest absolute Gasteiger partial charge is 0.212 e. The predicted molar refractivity (Wildman–Crippen MR) is 62.7 cm³/mol. The van der Waals surface area contributed by atoms with Crippen LogP contribution in [0.25, 0.3) is 0 Å². The predicted octanol–water partition coefficient (Wildman–Crippen LogP) is 0.0936. The summed E-state index contributed by atoms with van der Waals surface area (Å²) in [4.78, 5) is 0. The Hall–Kier alpha value is -0.920. The summed E-state index contributed by atoms with van der Waals surface area (Å²) < 4.78 is 30.9. The molecule has 1 saturated heterocycles. The second kappa shape index (κ2) is 5.61. The topological polar surface area (TPSA) is 84.2 Å². The van der Waals surface area contributed by atoms with Crippen LogP contribution in [0, 0.1) is 5.92 Å². The maximum Gasteiger partial charge on any atom is 0.212 e. The number of hydrogen-bond donors (Lipinski definition) is 2. The molecule has 1 aromatic heterocycles. The van der Waals surface area contributed by atoms with Crippen molar-refractivity contribution >= 4 is 10.0 Å². The fourth-order valence-corrected chi connectivity index (χ4v) is 3.34. The third-order valence-corrected chi connectivity index (χ3v) is 4.31. The van der Waals surface area contributed by atoms with E-state index in [1.165, 1.54) is 6.20 Å². The van der Waals surface area contributed by atoms with Crippen molar-refractivity contribution in [2.24, 2.45) is 5.92 Å². The normalized spacial score (nSPS) is 21.5. The highest BCUT2D eigenvalue weighted by Gasteiger charge is 2.21. The van der Waals surface area contributed by atoms with E-state index in [1.54, 1.807) is 6.07 Å². The quantitative estimate of drug-likeness (QED) is 0.783. The lowest BCUT2D eigenvalue weighted by Crippen LogP contribution is -2.37. The molecule has 1 unspecified atom stereocenters. The number of piperidine rings is 1. The van der Waals surface area contributed by atoms with E-state index in [9.17, 15) is 8.42 Å². The van der Waals surface area contributed by atoms with Crippen LogP contribution < -0.4 is 10.0 Å². The van der Waals surface area contributed by atoms with Crippen LogP contribution in [-0.2, 0) is 16.6 Å². The second-order valence-electron chi connectivity index (χ2n) is 4.29.